The maximum absolute atomic E-state index is 11.1. The van der Waals surface area contributed by atoms with E-state index in [-0.39, 0.29) is 5.56 Å². The van der Waals surface area contributed by atoms with Crippen LogP contribution in [0.25, 0.3) is 16.7 Å². The van der Waals surface area contributed by atoms with E-state index in [4.69, 9.17) is 5.11 Å². The van der Waals surface area contributed by atoms with Crippen molar-refractivity contribution in [2.75, 3.05) is 0 Å². The highest BCUT2D eigenvalue weighted by molar-refractivity contribution is 5.88. The minimum Gasteiger partial charge on any atom is -0.478 e. The third kappa shape index (κ3) is 1.85. The molecule has 0 unspecified atom stereocenters. The van der Waals surface area contributed by atoms with Gasteiger partial charge in [0, 0.05) is 0 Å². The minimum atomic E-state index is -0.953. The van der Waals surface area contributed by atoms with Gasteiger partial charge in [0.25, 0.3) is 0 Å². The molecule has 0 spiro atoms. The molecule has 2 aromatic carbocycles. The molecule has 0 amide bonds. The van der Waals surface area contributed by atoms with Crippen LogP contribution >= 0.6 is 0 Å². The average molecular weight is 253 g/mol. The highest BCUT2D eigenvalue weighted by Crippen LogP contribution is 2.20. The molecular weight excluding hydrogens is 242 g/mol. The van der Waals surface area contributed by atoms with Gasteiger partial charge in [-0.25, -0.2) is 9.48 Å². The number of fused-ring (bicyclic) bond motifs is 1. The maximum Gasteiger partial charge on any atom is 0.335 e. The molecule has 0 fully saturated rings. The summed E-state index contributed by atoms with van der Waals surface area (Å²) in [6, 6.07) is 12.5. The summed E-state index contributed by atoms with van der Waals surface area (Å²) in [5, 5.41) is 17.2. The number of rotatable bonds is 2. The Kier molecular flexibility index (Phi) is 2.52. The molecule has 1 aromatic heterocycles. The molecule has 5 nitrogen and oxygen atoms in total. The first-order chi connectivity index (χ1) is 9.16. The second-order valence-electron chi connectivity index (χ2n) is 4.30. The van der Waals surface area contributed by atoms with E-state index >= 15 is 0 Å². The Bertz CT molecular complexity index is 777. The summed E-state index contributed by atoms with van der Waals surface area (Å²) in [6.45, 7) is 1.91. The third-order valence-corrected chi connectivity index (χ3v) is 3.04. The van der Waals surface area contributed by atoms with Gasteiger partial charge in [-0.3, -0.25) is 0 Å². The molecule has 0 saturated carbocycles. The van der Waals surface area contributed by atoms with E-state index in [1.807, 2.05) is 31.2 Å². The van der Waals surface area contributed by atoms with Crippen molar-refractivity contribution < 1.29 is 9.90 Å². The molecular formula is C14H11N3O2. The minimum absolute atomic E-state index is 0.236. The van der Waals surface area contributed by atoms with E-state index in [9.17, 15) is 4.79 Å². The van der Waals surface area contributed by atoms with Crippen molar-refractivity contribution in [3.63, 3.8) is 0 Å². The van der Waals surface area contributed by atoms with Gasteiger partial charge in [0.15, 0.2) is 0 Å². The number of carboxylic acid groups (broad SMARTS) is 1. The monoisotopic (exact) mass is 253 g/mol. The lowest BCUT2D eigenvalue weighted by atomic mass is 10.1. The Morgan fingerprint density at radius 3 is 2.79 bits per heavy atom. The molecule has 0 aliphatic rings. The Balaban J connectivity index is 2.26. The molecule has 94 valence electrons. The van der Waals surface area contributed by atoms with Gasteiger partial charge in [-0.05, 0) is 36.8 Å². The fraction of sp³-hybridized carbons (Fsp3) is 0.0714. The fourth-order valence-electron chi connectivity index (χ4n) is 2.02. The summed E-state index contributed by atoms with van der Waals surface area (Å²) in [7, 11) is 0. The van der Waals surface area contributed by atoms with E-state index in [0.29, 0.717) is 0 Å². The van der Waals surface area contributed by atoms with Gasteiger partial charge in [-0.1, -0.05) is 23.4 Å². The molecule has 0 aliphatic carbocycles. The summed E-state index contributed by atoms with van der Waals surface area (Å²) in [4.78, 5) is 11.1. The Morgan fingerprint density at radius 2 is 2.00 bits per heavy atom. The van der Waals surface area contributed by atoms with Crippen LogP contribution in [-0.4, -0.2) is 26.1 Å². The number of aryl methyl sites for hydroxylation is 1. The van der Waals surface area contributed by atoms with Crippen LogP contribution in [0.15, 0.2) is 42.5 Å². The lowest BCUT2D eigenvalue weighted by molar-refractivity contribution is 0.0697. The van der Waals surface area contributed by atoms with E-state index in [0.717, 1.165) is 22.3 Å². The number of benzene rings is 2. The number of aromatic nitrogens is 3. The first-order valence-corrected chi connectivity index (χ1v) is 5.81. The Labute approximate surface area is 109 Å². The second-order valence-corrected chi connectivity index (χ2v) is 4.30. The van der Waals surface area contributed by atoms with Crippen LogP contribution in [-0.2, 0) is 0 Å². The number of aromatic carboxylic acids is 1. The van der Waals surface area contributed by atoms with Crippen LogP contribution in [0.4, 0.5) is 0 Å². The highest BCUT2D eigenvalue weighted by atomic mass is 16.4. The molecule has 0 atom stereocenters. The predicted octanol–water partition coefficient (Wildman–Crippen LogP) is 2.43. The van der Waals surface area contributed by atoms with E-state index < -0.39 is 5.97 Å². The molecule has 5 heteroatoms. The van der Waals surface area contributed by atoms with Gasteiger partial charge in [0.05, 0.1) is 16.8 Å². The number of para-hydroxylation sites is 1. The zero-order valence-corrected chi connectivity index (χ0v) is 10.2. The van der Waals surface area contributed by atoms with Crippen molar-refractivity contribution in [1.82, 2.24) is 15.0 Å². The zero-order chi connectivity index (χ0) is 13.4. The van der Waals surface area contributed by atoms with Gasteiger partial charge in [-0.15, -0.1) is 5.10 Å². The first-order valence-electron chi connectivity index (χ1n) is 5.81. The van der Waals surface area contributed by atoms with Crippen molar-refractivity contribution in [2.24, 2.45) is 0 Å². The molecule has 1 heterocycles. The van der Waals surface area contributed by atoms with Crippen LogP contribution in [0.1, 0.15) is 15.9 Å². The lowest BCUT2D eigenvalue weighted by Crippen LogP contribution is -2.03. The third-order valence-electron chi connectivity index (χ3n) is 3.04. The number of carboxylic acids is 1. The molecule has 3 rings (SSSR count). The van der Waals surface area contributed by atoms with Crippen LogP contribution in [0.3, 0.4) is 0 Å². The van der Waals surface area contributed by atoms with E-state index in [1.165, 1.54) is 0 Å². The SMILES string of the molecule is Cc1ccc(C(=O)O)cc1-n1nnc2ccccc21. The van der Waals surface area contributed by atoms with Crippen molar-refractivity contribution in [1.29, 1.82) is 0 Å². The first kappa shape index (κ1) is 11.4. The molecule has 3 aromatic rings. The molecule has 1 N–H and O–H groups in total. The second kappa shape index (κ2) is 4.20. The van der Waals surface area contributed by atoms with Crippen molar-refractivity contribution in [3.8, 4) is 5.69 Å². The molecule has 0 bridgehead atoms. The Hall–Kier alpha value is -2.69. The summed E-state index contributed by atoms with van der Waals surface area (Å²) in [5.74, 6) is -0.953. The predicted molar refractivity (Wildman–Crippen MR) is 70.6 cm³/mol. The van der Waals surface area contributed by atoms with Crippen LogP contribution in [0, 0.1) is 6.92 Å². The summed E-state index contributed by atoms with van der Waals surface area (Å²) >= 11 is 0. The van der Waals surface area contributed by atoms with Crippen LogP contribution in [0.2, 0.25) is 0 Å². The van der Waals surface area contributed by atoms with Gasteiger partial charge in [-0.2, -0.15) is 0 Å². The molecule has 0 radical (unpaired) electrons. The van der Waals surface area contributed by atoms with E-state index in [2.05, 4.69) is 10.3 Å². The summed E-state index contributed by atoms with van der Waals surface area (Å²) < 4.78 is 1.66. The van der Waals surface area contributed by atoms with Crippen LogP contribution < -0.4 is 0 Å². The molecule has 0 saturated heterocycles. The van der Waals surface area contributed by atoms with Gasteiger partial charge >= 0.3 is 5.97 Å². The molecule has 19 heavy (non-hydrogen) atoms. The number of nitrogens with zero attached hydrogens (tertiary/aromatic N) is 3. The van der Waals surface area contributed by atoms with Gasteiger partial charge in [0.2, 0.25) is 0 Å². The standard InChI is InChI=1S/C14H11N3O2/c1-9-6-7-10(14(18)19)8-13(9)17-12-5-3-2-4-11(12)15-16-17/h2-8H,1H3,(H,18,19). The van der Waals surface area contributed by atoms with Crippen molar-refractivity contribution in [3.05, 3.63) is 53.6 Å². The maximum atomic E-state index is 11.1. The number of carbonyl (C=O) groups is 1. The number of hydrogen-bond acceptors (Lipinski definition) is 3. The smallest absolute Gasteiger partial charge is 0.335 e. The Morgan fingerprint density at radius 1 is 1.21 bits per heavy atom. The summed E-state index contributed by atoms with van der Waals surface area (Å²) in [5.41, 5.74) is 3.55. The highest BCUT2D eigenvalue weighted by Gasteiger charge is 2.11. The molecule has 0 aliphatic heterocycles. The van der Waals surface area contributed by atoms with Crippen LogP contribution in [0.5, 0.6) is 0 Å². The van der Waals surface area contributed by atoms with Crippen molar-refractivity contribution >= 4 is 17.0 Å². The fourth-order valence-corrected chi connectivity index (χ4v) is 2.02. The average Bonchev–Trinajstić information content (AvgIpc) is 2.83. The zero-order valence-electron chi connectivity index (χ0n) is 10.2. The van der Waals surface area contributed by atoms with Gasteiger partial charge in [0.1, 0.15) is 5.52 Å². The topological polar surface area (TPSA) is 68.0 Å². The van der Waals surface area contributed by atoms with Crippen molar-refractivity contribution in [2.45, 2.75) is 6.92 Å². The van der Waals surface area contributed by atoms with E-state index in [1.54, 1.807) is 22.9 Å². The lowest BCUT2D eigenvalue weighted by Gasteiger charge is -2.07. The normalized spacial score (nSPS) is 10.8. The number of hydrogen-bond donors (Lipinski definition) is 1. The quantitative estimate of drug-likeness (QED) is 0.761. The largest absolute Gasteiger partial charge is 0.478 e. The van der Waals surface area contributed by atoms with Gasteiger partial charge < -0.3 is 5.11 Å². The summed E-state index contributed by atoms with van der Waals surface area (Å²) in [6.07, 6.45) is 0.